The van der Waals surface area contributed by atoms with E-state index < -0.39 is 17.4 Å². The highest BCUT2D eigenvalue weighted by atomic mass is 35.5. The number of nitrogens with one attached hydrogen (secondary N) is 1. The van der Waals surface area contributed by atoms with Crippen molar-refractivity contribution < 1.29 is 9.18 Å². The normalized spacial score (nSPS) is 15.2. The molecule has 0 saturated carbocycles. The van der Waals surface area contributed by atoms with Crippen molar-refractivity contribution in [2.45, 2.75) is 25.9 Å². The number of nitrogens with zero attached hydrogens (tertiary/aromatic N) is 4. The highest BCUT2D eigenvalue weighted by Gasteiger charge is 2.37. The zero-order chi connectivity index (χ0) is 24.7. The number of aryl methyl sites for hydroxylation is 1. The predicted octanol–water partition coefficient (Wildman–Crippen LogP) is 3.85. The molecule has 0 spiro atoms. The number of hydrogen-bond acceptors (Lipinski definition) is 6. The second-order valence-electron chi connectivity index (χ2n) is 8.27. The molecule has 0 fully saturated rings. The van der Waals surface area contributed by atoms with Gasteiger partial charge >= 0.3 is 0 Å². The van der Waals surface area contributed by atoms with Crippen LogP contribution >= 0.6 is 11.6 Å². The summed E-state index contributed by atoms with van der Waals surface area (Å²) in [4.78, 5) is 43.0. The molecule has 2 aromatic heterocycles. The Kier molecular flexibility index (Phi) is 5.78. The van der Waals surface area contributed by atoms with Crippen molar-refractivity contribution in [3.05, 3.63) is 104 Å². The van der Waals surface area contributed by atoms with Gasteiger partial charge < -0.3 is 15.6 Å². The standard InChI is InChI=1S/C25H20ClFN6O2/c1-13-21-19(31-25(28)30-13)10-20(33(24(21)35)12-14-5-3-2-4-6-14)16-8-7-15(27)9-17(16)22-29-11-18(26)23(34)32-22/h2-9,11,20H,10,12H2,1H3,(H2,28,30,31)(H,29,32,34)/t20-/m1/s1. The quantitative estimate of drug-likeness (QED) is 0.448. The van der Waals surface area contributed by atoms with Gasteiger partial charge in [-0.25, -0.2) is 19.3 Å². The number of nitrogen functional groups attached to an aromatic ring is 1. The molecule has 1 aliphatic heterocycles. The van der Waals surface area contributed by atoms with Crippen LogP contribution in [0.25, 0.3) is 11.4 Å². The molecular weight excluding hydrogens is 471 g/mol. The molecule has 0 bridgehead atoms. The van der Waals surface area contributed by atoms with Crippen LogP contribution in [0.1, 0.15) is 38.9 Å². The number of rotatable bonds is 4. The van der Waals surface area contributed by atoms with Gasteiger partial charge in [0.1, 0.15) is 16.7 Å². The van der Waals surface area contributed by atoms with Crippen molar-refractivity contribution in [2.75, 3.05) is 5.73 Å². The van der Waals surface area contributed by atoms with E-state index in [2.05, 4.69) is 19.9 Å². The highest BCUT2D eigenvalue weighted by Crippen LogP contribution is 2.38. The summed E-state index contributed by atoms with van der Waals surface area (Å²) in [6.07, 6.45) is 1.53. The molecule has 5 rings (SSSR count). The van der Waals surface area contributed by atoms with Crippen molar-refractivity contribution in [1.29, 1.82) is 0 Å². The van der Waals surface area contributed by atoms with E-state index in [-0.39, 0.29) is 22.7 Å². The maximum atomic E-state index is 14.4. The highest BCUT2D eigenvalue weighted by molar-refractivity contribution is 6.30. The molecule has 0 saturated heterocycles. The molecule has 1 amide bonds. The van der Waals surface area contributed by atoms with Crippen LogP contribution in [-0.4, -0.2) is 30.7 Å². The molecule has 1 aliphatic rings. The minimum absolute atomic E-state index is 0.0762. The first-order valence-electron chi connectivity index (χ1n) is 10.8. The predicted molar refractivity (Wildman–Crippen MR) is 129 cm³/mol. The van der Waals surface area contributed by atoms with Crippen LogP contribution in [-0.2, 0) is 13.0 Å². The number of halogens is 2. The maximum Gasteiger partial charge on any atom is 0.269 e. The minimum Gasteiger partial charge on any atom is -0.368 e. The Morgan fingerprint density at radius 1 is 1.17 bits per heavy atom. The Bertz CT molecular complexity index is 1510. The fourth-order valence-electron chi connectivity index (χ4n) is 4.44. The summed E-state index contributed by atoms with van der Waals surface area (Å²) in [6.45, 7) is 2.02. The van der Waals surface area contributed by atoms with Gasteiger partial charge in [0.25, 0.3) is 11.5 Å². The fourth-order valence-corrected chi connectivity index (χ4v) is 4.54. The number of benzene rings is 2. The van der Waals surface area contributed by atoms with E-state index in [0.717, 1.165) is 5.56 Å². The second-order valence-corrected chi connectivity index (χ2v) is 8.68. The average molecular weight is 491 g/mol. The van der Waals surface area contributed by atoms with E-state index in [4.69, 9.17) is 17.3 Å². The lowest BCUT2D eigenvalue weighted by Crippen LogP contribution is -2.41. The molecule has 2 aromatic carbocycles. The van der Waals surface area contributed by atoms with Crippen LogP contribution in [0.2, 0.25) is 5.02 Å². The topological polar surface area (TPSA) is 118 Å². The molecule has 10 heteroatoms. The number of aromatic amines is 1. The SMILES string of the molecule is Cc1nc(N)nc2c1C(=O)N(Cc1ccccc1)[C@@H](c1ccc(F)cc1-c1ncc(Cl)c(=O)[nH]1)C2. The number of nitrogens with two attached hydrogens (primary N) is 1. The first-order valence-corrected chi connectivity index (χ1v) is 11.2. The molecule has 0 aliphatic carbocycles. The summed E-state index contributed by atoms with van der Waals surface area (Å²) in [5.74, 6) is -0.552. The molecule has 3 heterocycles. The Labute approximate surface area is 204 Å². The molecule has 0 unspecified atom stereocenters. The summed E-state index contributed by atoms with van der Waals surface area (Å²) in [5.41, 5.74) is 8.62. The smallest absolute Gasteiger partial charge is 0.269 e. The Hall–Kier alpha value is -4.11. The zero-order valence-corrected chi connectivity index (χ0v) is 19.4. The number of amides is 1. The van der Waals surface area contributed by atoms with E-state index in [0.29, 0.717) is 41.0 Å². The Morgan fingerprint density at radius 2 is 1.94 bits per heavy atom. The van der Waals surface area contributed by atoms with Crippen molar-refractivity contribution in [1.82, 2.24) is 24.8 Å². The summed E-state index contributed by atoms with van der Waals surface area (Å²) < 4.78 is 14.4. The Balaban J connectivity index is 1.69. The Morgan fingerprint density at radius 3 is 2.69 bits per heavy atom. The first kappa shape index (κ1) is 22.7. The summed E-state index contributed by atoms with van der Waals surface area (Å²) >= 11 is 5.85. The third-order valence-corrected chi connectivity index (χ3v) is 6.27. The monoisotopic (exact) mass is 490 g/mol. The summed E-state index contributed by atoms with van der Waals surface area (Å²) in [6, 6.07) is 13.2. The maximum absolute atomic E-state index is 14.4. The van der Waals surface area contributed by atoms with E-state index >= 15 is 0 Å². The number of hydrogen-bond donors (Lipinski definition) is 2. The number of aromatic nitrogens is 4. The van der Waals surface area contributed by atoms with Gasteiger partial charge in [-0.2, -0.15) is 0 Å². The van der Waals surface area contributed by atoms with Gasteiger partial charge in [0.15, 0.2) is 0 Å². The number of H-pyrrole nitrogens is 1. The second kappa shape index (κ2) is 8.92. The van der Waals surface area contributed by atoms with Crippen molar-refractivity contribution >= 4 is 23.5 Å². The third kappa shape index (κ3) is 4.26. The van der Waals surface area contributed by atoms with E-state index in [1.54, 1.807) is 17.9 Å². The van der Waals surface area contributed by atoms with Crippen LogP contribution < -0.4 is 11.3 Å². The number of fused-ring (bicyclic) bond motifs is 1. The number of anilines is 1. The van der Waals surface area contributed by atoms with Crippen LogP contribution in [0, 0.1) is 12.7 Å². The van der Waals surface area contributed by atoms with Gasteiger partial charge in [-0.05, 0) is 30.2 Å². The molecule has 8 nitrogen and oxygen atoms in total. The zero-order valence-electron chi connectivity index (χ0n) is 18.6. The first-order chi connectivity index (χ1) is 16.8. The average Bonchev–Trinajstić information content (AvgIpc) is 2.83. The van der Waals surface area contributed by atoms with Gasteiger partial charge in [0.2, 0.25) is 5.95 Å². The fraction of sp³-hybridized carbons (Fsp3) is 0.160. The molecule has 4 aromatic rings. The summed E-state index contributed by atoms with van der Waals surface area (Å²) in [5, 5.41) is -0.0816. The van der Waals surface area contributed by atoms with Crippen LogP contribution in [0.5, 0.6) is 0 Å². The van der Waals surface area contributed by atoms with Gasteiger partial charge in [0, 0.05) is 18.5 Å². The van der Waals surface area contributed by atoms with Crippen molar-refractivity contribution in [3.63, 3.8) is 0 Å². The molecule has 176 valence electrons. The van der Waals surface area contributed by atoms with E-state index in [1.165, 1.54) is 18.3 Å². The van der Waals surface area contributed by atoms with Crippen LogP contribution in [0.4, 0.5) is 10.3 Å². The van der Waals surface area contributed by atoms with Crippen LogP contribution in [0.3, 0.4) is 0 Å². The molecule has 1 atom stereocenters. The van der Waals surface area contributed by atoms with Crippen molar-refractivity contribution in [3.8, 4) is 11.4 Å². The largest absolute Gasteiger partial charge is 0.368 e. The lowest BCUT2D eigenvalue weighted by molar-refractivity contribution is 0.0624. The van der Waals surface area contributed by atoms with Gasteiger partial charge in [-0.1, -0.05) is 48.0 Å². The van der Waals surface area contributed by atoms with Gasteiger partial charge in [0.05, 0.1) is 29.2 Å². The van der Waals surface area contributed by atoms with Gasteiger partial charge in [-0.3, -0.25) is 9.59 Å². The van der Waals surface area contributed by atoms with Crippen molar-refractivity contribution in [2.24, 2.45) is 0 Å². The van der Waals surface area contributed by atoms with E-state index in [9.17, 15) is 14.0 Å². The van der Waals surface area contributed by atoms with Crippen LogP contribution in [0.15, 0.2) is 59.5 Å². The number of carbonyl (C=O) groups excluding carboxylic acids is 1. The molecule has 35 heavy (non-hydrogen) atoms. The van der Waals surface area contributed by atoms with E-state index in [1.807, 2.05) is 30.3 Å². The molecule has 0 radical (unpaired) electrons. The summed E-state index contributed by atoms with van der Waals surface area (Å²) in [7, 11) is 0. The molecule has 3 N–H and O–H groups in total. The third-order valence-electron chi connectivity index (χ3n) is 6.00. The number of carbonyl (C=O) groups is 1. The minimum atomic E-state index is -0.547. The molecular formula is C25H20ClFN6O2. The van der Waals surface area contributed by atoms with Gasteiger partial charge in [-0.15, -0.1) is 0 Å². The lowest BCUT2D eigenvalue weighted by Gasteiger charge is -2.37. The lowest BCUT2D eigenvalue weighted by atomic mass is 9.88.